The van der Waals surface area contributed by atoms with Gasteiger partial charge in [0.05, 0.1) is 25.2 Å². The van der Waals surface area contributed by atoms with Gasteiger partial charge in [0.25, 0.3) is 0 Å². The van der Waals surface area contributed by atoms with Crippen LogP contribution in [0.4, 0.5) is 0 Å². The number of nitrogens with one attached hydrogen (secondary N) is 4. The van der Waals surface area contributed by atoms with Gasteiger partial charge < -0.3 is 53.8 Å². The van der Waals surface area contributed by atoms with Crippen molar-refractivity contribution < 1.29 is 39.3 Å². The molecule has 0 aliphatic heterocycles. The Bertz CT molecular complexity index is 1030. The first-order valence-corrected chi connectivity index (χ1v) is 11.9. The van der Waals surface area contributed by atoms with Gasteiger partial charge >= 0.3 is 5.97 Å². The molecule has 39 heavy (non-hydrogen) atoms. The van der Waals surface area contributed by atoms with Crippen molar-refractivity contribution in [1.82, 2.24) is 21.3 Å². The van der Waals surface area contributed by atoms with Gasteiger partial charge in [-0.25, -0.2) is 4.79 Å². The third kappa shape index (κ3) is 13.1. The molecule has 13 N–H and O–H groups in total. The highest BCUT2D eigenvalue weighted by molar-refractivity contribution is 5.93. The molecule has 1 rings (SSSR count). The van der Waals surface area contributed by atoms with Gasteiger partial charge in [0.2, 0.25) is 23.6 Å². The number of phenolic OH excluding ortho intramolecular Hbond substituents is 1. The Morgan fingerprint density at radius 2 is 1.56 bits per heavy atom. The van der Waals surface area contributed by atoms with Crippen molar-refractivity contribution in [1.29, 1.82) is 0 Å². The van der Waals surface area contributed by atoms with E-state index in [-0.39, 0.29) is 31.1 Å². The van der Waals surface area contributed by atoms with Crippen LogP contribution >= 0.6 is 0 Å². The number of aromatic hydroxyl groups is 1. The van der Waals surface area contributed by atoms with E-state index in [9.17, 15) is 34.2 Å². The minimum Gasteiger partial charge on any atom is -0.508 e. The van der Waals surface area contributed by atoms with Crippen molar-refractivity contribution in [2.45, 2.75) is 50.4 Å². The Hall–Kier alpha value is -4.44. The summed E-state index contributed by atoms with van der Waals surface area (Å²) in [6.45, 7) is 0.287. The van der Waals surface area contributed by atoms with Crippen LogP contribution in [0.2, 0.25) is 0 Å². The molecular weight excluding hydrogens is 516 g/mol. The van der Waals surface area contributed by atoms with Crippen LogP contribution in [0.15, 0.2) is 29.3 Å². The van der Waals surface area contributed by atoms with Gasteiger partial charge in [0.1, 0.15) is 11.8 Å². The van der Waals surface area contributed by atoms with Crippen molar-refractivity contribution >= 4 is 35.6 Å². The SMILES string of the molecule is C[C@@H](O)[C@H](NC(=O)CNC(=O)CNC(=O)[C@H](Cc1ccc(O)cc1)NC(=O)[C@@H](N)CCCN=C(N)N)C(=O)O. The second kappa shape index (κ2) is 16.4. The van der Waals surface area contributed by atoms with Crippen LogP contribution in [0.3, 0.4) is 0 Å². The van der Waals surface area contributed by atoms with Crippen LogP contribution in [0.5, 0.6) is 5.75 Å². The van der Waals surface area contributed by atoms with Gasteiger partial charge in [-0.2, -0.15) is 0 Å². The summed E-state index contributed by atoms with van der Waals surface area (Å²) in [5.41, 5.74) is 17.0. The van der Waals surface area contributed by atoms with E-state index in [1.165, 1.54) is 19.1 Å². The number of phenols is 1. The van der Waals surface area contributed by atoms with E-state index in [2.05, 4.69) is 26.3 Å². The molecule has 0 saturated heterocycles. The molecule has 16 heteroatoms. The summed E-state index contributed by atoms with van der Waals surface area (Å²) in [6, 6.07) is 2.27. The number of carbonyl (C=O) groups is 5. The van der Waals surface area contributed by atoms with Crippen LogP contribution in [0.25, 0.3) is 0 Å². The van der Waals surface area contributed by atoms with Crippen LogP contribution in [0, 0.1) is 0 Å². The number of nitrogens with two attached hydrogens (primary N) is 3. The monoisotopic (exact) mass is 552 g/mol. The number of carbonyl (C=O) groups excluding carboxylic acids is 4. The second-order valence-electron chi connectivity index (χ2n) is 8.61. The topological polar surface area (TPSA) is 285 Å². The van der Waals surface area contributed by atoms with Gasteiger partial charge in [-0.3, -0.25) is 24.2 Å². The summed E-state index contributed by atoms with van der Waals surface area (Å²) in [7, 11) is 0. The van der Waals surface area contributed by atoms with E-state index in [1.807, 2.05) is 0 Å². The lowest BCUT2D eigenvalue weighted by Gasteiger charge is -2.21. The maximum Gasteiger partial charge on any atom is 0.328 e. The summed E-state index contributed by atoms with van der Waals surface area (Å²) < 4.78 is 0. The number of amides is 4. The largest absolute Gasteiger partial charge is 0.508 e. The van der Waals surface area contributed by atoms with E-state index in [4.69, 9.17) is 22.3 Å². The Kier molecular flexibility index (Phi) is 13.7. The van der Waals surface area contributed by atoms with E-state index >= 15 is 0 Å². The molecule has 16 nitrogen and oxygen atoms in total. The Morgan fingerprint density at radius 1 is 0.949 bits per heavy atom. The van der Waals surface area contributed by atoms with Crippen molar-refractivity contribution in [2.24, 2.45) is 22.2 Å². The third-order valence-corrected chi connectivity index (χ3v) is 5.25. The highest BCUT2D eigenvalue weighted by atomic mass is 16.4. The lowest BCUT2D eigenvalue weighted by Crippen LogP contribution is -2.54. The van der Waals surface area contributed by atoms with Gasteiger partial charge in [0.15, 0.2) is 12.0 Å². The molecule has 1 aromatic carbocycles. The lowest BCUT2D eigenvalue weighted by molar-refractivity contribution is -0.144. The fourth-order valence-electron chi connectivity index (χ4n) is 3.15. The van der Waals surface area contributed by atoms with Crippen molar-refractivity contribution in [3.63, 3.8) is 0 Å². The highest BCUT2D eigenvalue weighted by Gasteiger charge is 2.26. The van der Waals surface area contributed by atoms with Crippen molar-refractivity contribution in [2.75, 3.05) is 19.6 Å². The number of guanidine groups is 1. The summed E-state index contributed by atoms with van der Waals surface area (Å²) in [6.07, 6.45) is -0.704. The Labute approximate surface area is 224 Å². The molecule has 1 aromatic rings. The number of carboxylic acids is 1. The van der Waals surface area contributed by atoms with Gasteiger partial charge in [-0.05, 0) is 37.5 Å². The van der Waals surface area contributed by atoms with Gasteiger partial charge in [0, 0.05) is 13.0 Å². The summed E-state index contributed by atoms with van der Waals surface area (Å²) >= 11 is 0. The molecule has 0 radical (unpaired) electrons. The van der Waals surface area contributed by atoms with Crippen LogP contribution < -0.4 is 38.5 Å². The third-order valence-electron chi connectivity index (χ3n) is 5.25. The number of nitrogens with zero attached hydrogens (tertiary/aromatic N) is 1. The lowest BCUT2D eigenvalue weighted by atomic mass is 10.0. The predicted molar refractivity (Wildman–Crippen MR) is 139 cm³/mol. The molecule has 0 unspecified atom stereocenters. The van der Waals surface area contributed by atoms with Crippen LogP contribution in [-0.2, 0) is 30.4 Å². The zero-order valence-corrected chi connectivity index (χ0v) is 21.4. The first-order chi connectivity index (χ1) is 18.3. The molecule has 0 aromatic heterocycles. The number of aliphatic imine (C=N–C) groups is 1. The summed E-state index contributed by atoms with van der Waals surface area (Å²) in [4.78, 5) is 64.3. The van der Waals surface area contributed by atoms with E-state index in [0.717, 1.165) is 0 Å². The number of rotatable bonds is 16. The summed E-state index contributed by atoms with van der Waals surface area (Å²) in [5, 5.41) is 37.0. The van der Waals surface area contributed by atoms with Crippen LogP contribution in [0.1, 0.15) is 25.3 Å². The number of hydrogen-bond donors (Lipinski definition) is 10. The first kappa shape index (κ1) is 32.6. The van der Waals surface area contributed by atoms with E-state index in [1.54, 1.807) is 12.1 Å². The zero-order chi connectivity index (χ0) is 29.5. The Morgan fingerprint density at radius 3 is 2.13 bits per heavy atom. The highest BCUT2D eigenvalue weighted by Crippen LogP contribution is 2.12. The molecule has 0 saturated carbocycles. The average Bonchev–Trinajstić information content (AvgIpc) is 2.87. The normalized spacial score (nSPS) is 13.6. The first-order valence-electron chi connectivity index (χ1n) is 11.9. The quantitative estimate of drug-likeness (QED) is 0.0535. The summed E-state index contributed by atoms with van der Waals surface area (Å²) in [5.74, 6) is -4.51. The number of aliphatic hydroxyl groups excluding tert-OH is 1. The Balaban J connectivity index is 2.72. The van der Waals surface area contributed by atoms with Crippen LogP contribution in [-0.4, -0.2) is 94.7 Å². The minimum absolute atomic E-state index is 0.00964. The van der Waals surface area contributed by atoms with Crippen molar-refractivity contribution in [3.8, 4) is 5.75 Å². The molecule has 0 heterocycles. The fourth-order valence-corrected chi connectivity index (χ4v) is 3.15. The van der Waals surface area contributed by atoms with E-state index < -0.39 is 66.9 Å². The fraction of sp³-hybridized carbons (Fsp3) is 0.478. The number of aliphatic carboxylic acids is 1. The molecule has 0 fully saturated rings. The molecule has 216 valence electrons. The number of benzene rings is 1. The molecule has 0 bridgehead atoms. The molecule has 0 spiro atoms. The number of aliphatic hydroxyl groups is 1. The maximum atomic E-state index is 12.8. The second-order valence-corrected chi connectivity index (χ2v) is 8.61. The van der Waals surface area contributed by atoms with Crippen molar-refractivity contribution in [3.05, 3.63) is 29.8 Å². The molecule has 0 aliphatic rings. The molecule has 4 atom stereocenters. The van der Waals surface area contributed by atoms with Gasteiger partial charge in [-0.15, -0.1) is 0 Å². The molecule has 4 amide bonds. The predicted octanol–water partition coefficient (Wildman–Crippen LogP) is -4.02. The maximum absolute atomic E-state index is 12.8. The standard InChI is InChI=1S/C23H36N8O8/c1-12(32)19(22(38)39)31-18(35)11-28-17(34)10-29-21(37)16(9-13-4-6-14(33)7-5-13)30-20(36)15(24)3-2-8-27-23(25)26/h4-7,12,15-16,19,32-33H,2-3,8-11,24H2,1H3,(H,28,34)(H,29,37)(H,30,36)(H,31,35)(H,38,39)(H4,25,26,27)/t12-,15+,16+,19+/m1/s1. The smallest absolute Gasteiger partial charge is 0.328 e. The average molecular weight is 553 g/mol. The van der Waals surface area contributed by atoms with E-state index in [0.29, 0.717) is 12.0 Å². The zero-order valence-electron chi connectivity index (χ0n) is 21.4. The van der Waals surface area contributed by atoms with Gasteiger partial charge in [-0.1, -0.05) is 12.1 Å². The minimum atomic E-state index is -1.56. The molecular formula is C23H36N8O8. The number of hydrogen-bond acceptors (Lipinski definition) is 9. The number of carboxylic acid groups (broad SMARTS) is 1. The molecule has 0 aliphatic carbocycles.